The Morgan fingerprint density at radius 2 is 2.19 bits per heavy atom. The fraction of sp³-hybridized carbons (Fsp3) is 0.400. The van der Waals surface area contributed by atoms with Crippen molar-refractivity contribution < 1.29 is 9.32 Å². The molecule has 0 aromatic carbocycles. The summed E-state index contributed by atoms with van der Waals surface area (Å²) in [6.45, 7) is 5.17. The summed E-state index contributed by atoms with van der Waals surface area (Å²) in [7, 11) is 0. The lowest BCUT2D eigenvalue weighted by Crippen LogP contribution is -2.23. The molecular formula is C15H20N4O2. The summed E-state index contributed by atoms with van der Waals surface area (Å²) in [6, 6.07) is 5.32. The fourth-order valence-electron chi connectivity index (χ4n) is 1.98. The first-order valence-corrected chi connectivity index (χ1v) is 7.15. The standard InChI is InChI=1S/C15H20N4O2/c1-3-5-12-8-11(9-14(19-12)16-4-2)15(20)17-10-13-6-7-18-21-13/h6-9H,3-5,10H2,1-2H3,(H,16,19)(H,17,20). The average molecular weight is 288 g/mol. The van der Waals surface area contributed by atoms with Crippen molar-refractivity contribution >= 4 is 11.7 Å². The maximum Gasteiger partial charge on any atom is 0.251 e. The van der Waals surface area contributed by atoms with Crippen LogP contribution < -0.4 is 10.6 Å². The van der Waals surface area contributed by atoms with E-state index >= 15 is 0 Å². The fourth-order valence-corrected chi connectivity index (χ4v) is 1.98. The van der Waals surface area contributed by atoms with Crippen LogP contribution in [0.3, 0.4) is 0 Å². The first-order chi connectivity index (χ1) is 10.2. The van der Waals surface area contributed by atoms with Gasteiger partial charge in [0.1, 0.15) is 5.82 Å². The van der Waals surface area contributed by atoms with Crippen molar-refractivity contribution in [1.82, 2.24) is 15.5 Å². The van der Waals surface area contributed by atoms with Gasteiger partial charge < -0.3 is 15.2 Å². The van der Waals surface area contributed by atoms with E-state index in [0.29, 0.717) is 17.9 Å². The second-order valence-corrected chi connectivity index (χ2v) is 4.67. The van der Waals surface area contributed by atoms with Crippen LogP contribution >= 0.6 is 0 Å². The molecule has 21 heavy (non-hydrogen) atoms. The summed E-state index contributed by atoms with van der Waals surface area (Å²) < 4.78 is 4.95. The number of aryl methyl sites for hydroxylation is 1. The molecule has 0 saturated carbocycles. The van der Waals surface area contributed by atoms with E-state index in [-0.39, 0.29) is 5.91 Å². The van der Waals surface area contributed by atoms with Crippen molar-refractivity contribution in [3.8, 4) is 0 Å². The van der Waals surface area contributed by atoms with Crippen molar-refractivity contribution in [3.05, 3.63) is 41.4 Å². The van der Waals surface area contributed by atoms with Crippen LogP contribution in [0.15, 0.2) is 28.9 Å². The minimum absolute atomic E-state index is 0.148. The molecule has 0 unspecified atom stereocenters. The normalized spacial score (nSPS) is 10.4. The minimum Gasteiger partial charge on any atom is -0.370 e. The van der Waals surface area contributed by atoms with Gasteiger partial charge in [-0.3, -0.25) is 4.79 Å². The Balaban J connectivity index is 2.10. The number of carbonyl (C=O) groups excluding carboxylic acids is 1. The molecule has 2 heterocycles. The molecule has 0 bridgehead atoms. The van der Waals surface area contributed by atoms with Crippen molar-refractivity contribution in [1.29, 1.82) is 0 Å². The number of amides is 1. The molecule has 0 atom stereocenters. The largest absolute Gasteiger partial charge is 0.370 e. The van der Waals surface area contributed by atoms with Gasteiger partial charge in [0, 0.05) is 23.9 Å². The quantitative estimate of drug-likeness (QED) is 0.817. The lowest BCUT2D eigenvalue weighted by molar-refractivity contribution is 0.0947. The number of nitrogens with zero attached hydrogens (tertiary/aromatic N) is 2. The van der Waals surface area contributed by atoms with Crippen LogP contribution in [-0.4, -0.2) is 22.6 Å². The summed E-state index contributed by atoms with van der Waals surface area (Å²) in [5, 5.41) is 9.57. The minimum atomic E-state index is -0.148. The van der Waals surface area contributed by atoms with E-state index in [4.69, 9.17) is 4.52 Å². The number of nitrogens with one attached hydrogen (secondary N) is 2. The SMILES string of the molecule is CCCc1cc(C(=O)NCc2ccno2)cc(NCC)n1. The Labute approximate surface area is 123 Å². The number of rotatable bonds is 7. The van der Waals surface area contributed by atoms with Gasteiger partial charge in [0.2, 0.25) is 0 Å². The number of anilines is 1. The third kappa shape index (κ3) is 4.30. The Morgan fingerprint density at radius 1 is 1.33 bits per heavy atom. The van der Waals surface area contributed by atoms with Crippen molar-refractivity contribution in [2.75, 3.05) is 11.9 Å². The highest BCUT2D eigenvalue weighted by Gasteiger charge is 2.10. The zero-order valence-electron chi connectivity index (χ0n) is 12.3. The Bertz CT molecular complexity index is 557. The van der Waals surface area contributed by atoms with Crippen molar-refractivity contribution in [2.24, 2.45) is 0 Å². The highest BCUT2D eigenvalue weighted by Crippen LogP contribution is 2.12. The molecule has 6 nitrogen and oxygen atoms in total. The maximum atomic E-state index is 12.2. The zero-order chi connectivity index (χ0) is 15.1. The van der Waals surface area contributed by atoms with Crippen LogP contribution in [0.2, 0.25) is 0 Å². The molecular weight excluding hydrogens is 268 g/mol. The molecule has 0 aliphatic heterocycles. The van der Waals surface area contributed by atoms with Crippen LogP contribution in [0.5, 0.6) is 0 Å². The third-order valence-electron chi connectivity index (χ3n) is 2.92. The summed E-state index contributed by atoms with van der Waals surface area (Å²) in [6.07, 6.45) is 3.39. The van der Waals surface area contributed by atoms with Gasteiger partial charge in [-0.15, -0.1) is 0 Å². The first-order valence-electron chi connectivity index (χ1n) is 7.15. The highest BCUT2D eigenvalue weighted by atomic mass is 16.5. The summed E-state index contributed by atoms with van der Waals surface area (Å²) in [5.41, 5.74) is 1.52. The molecule has 112 valence electrons. The number of aromatic nitrogens is 2. The van der Waals surface area contributed by atoms with Gasteiger partial charge in [-0.1, -0.05) is 18.5 Å². The number of hydrogen-bond donors (Lipinski definition) is 2. The predicted octanol–water partition coefficient (Wildman–Crippen LogP) is 2.38. The van der Waals surface area contributed by atoms with Gasteiger partial charge in [0.05, 0.1) is 12.7 Å². The van der Waals surface area contributed by atoms with Crippen LogP contribution in [0.1, 0.15) is 42.1 Å². The van der Waals surface area contributed by atoms with Gasteiger partial charge in [0.15, 0.2) is 5.76 Å². The van der Waals surface area contributed by atoms with Crippen LogP contribution in [0.25, 0.3) is 0 Å². The molecule has 2 rings (SSSR count). The lowest BCUT2D eigenvalue weighted by atomic mass is 10.1. The van der Waals surface area contributed by atoms with E-state index in [1.54, 1.807) is 18.3 Å². The molecule has 6 heteroatoms. The number of hydrogen-bond acceptors (Lipinski definition) is 5. The molecule has 2 aromatic heterocycles. The first kappa shape index (κ1) is 15.0. The summed E-state index contributed by atoms with van der Waals surface area (Å²) >= 11 is 0. The van der Waals surface area contributed by atoms with Gasteiger partial charge in [-0.2, -0.15) is 0 Å². The summed E-state index contributed by atoms with van der Waals surface area (Å²) in [5.74, 6) is 1.21. The predicted molar refractivity (Wildman–Crippen MR) is 80.1 cm³/mol. The smallest absolute Gasteiger partial charge is 0.251 e. The molecule has 0 aliphatic carbocycles. The van der Waals surface area contributed by atoms with Crippen LogP contribution in [0, 0.1) is 0 Å². The number of carbonyl (C=O) groups is 1. The van der Waals surface area contributed by atoms with E-state index in [1.807, 2.05) is 13.0 Å². The van der Waals surface area contributed by atoms with Crippen LogP contribution in [0.4, 0.5) is 5.82 Å². The number of pyridine rings is 1. The third-order valence-corrected chi connectivity index (χ3v) is 2.92. The van der Waals surface area contributed by atoms with Crippen molar-refractivity contribution in [2.45, 2.75) is 33.2 Å². The molecule has 0 fully saturated rings. The lowest BCUT2D eigenvalue weighted by Gasteiger charge is -2.09. The van der Waals surface area contributed by atoms with E-state index < -0.39 is 0 Å². The molecule has 0 saturated heterocycles. The van der Waals surface area contributed by atoms with E-state index in [2.05, 4.69) is 27.7 Å². The molecule has 0 radical (unpaired) electrons. The molecule has 0 aliphatic rings. The molecule has 2 aromatic rings. The van der Waals surface area contributed by atoms with Gasteiger partial charge in [-0.05, 0) is 25.5 Å². The van der Waals surface area contributed by atoms with E-state index in [0.717, 1.165) is 30.9 Å². The maximum absolute atomic E-state index is 12.2. The second kappa shape index (κ2) is 7.42. The van der Waals surface area contributed by atoms with E-state index in [1.165, 1.54) is 0 Å². The Kier molecular flexibility index (Phi) is 5.31. The second-order valence-electron chi connectivity index (χ2n) is 4.67. The average Bonchev–Trinajstić information content (AvgIpc) is 2.98. The van der Waals surface area contributed by atoms with Crippen LogP contribution in [-0.2, 0) is 13.0 Å². The zero-order valence-corrected chi connectivity index (χ0v) is 12.3. The van der Waals surface area contributed by atoms with E-state index in [9.17, 15) is 4.79 Å². The van der Waals surface area contributed by atoms with Gasteiger partial charge in [0.25, 0.3) is 5.91 Å². The molecule has 0 spiro atoms. The molecule has 1 amide bonds. The highest BCUT2D eigenvalue weighted by molar-refractivity contribution is 5.94. The van der Waals surface area contributed by atoms with Gasteiger partial charge >= 0.3 is 0 Å². The Hall–Kier alpha value is -2.37. The molecule has 2 N–H and O–H groups in total. The summed E-state index contributed by atoms with van der Waals surface area (Å²) in [4.78, 5) is 16.7. The van der Waals surface area contributed by atoms with Gasteiger partial charge in [-0.25, -0.2) is 4.98 Å². The monoisotopic (exact) mass is 288 g/mol. The topological polar surface area (TPSA) is 80.0 Å². The Morgan fingerprint density at radius 3 is 2.86 bits per heavy atom. The van der Waals surface area contributed by atoms with Crippen molar-refractivity contribution in [3.63, 3.8) is 0 Å².